The van der Waals surface area contributed by atoms with Gasteiger partial charge in [-0.25, -0.2) is 0 Å². The second-order valence-electron chi connectivity index (χ2n) is 9.92. The number of carbonyl (C=O) groups is 3. The lowest BCUT2D eigenvalue weighted by molar-refractivity contribution is -0.142. The maximum Gasteiger partial charge on any atom is 0.244 e. The molecule has 0 spiro atoms. The number of allylic oxidation sites excluding steroid dienone is 2. The van der Waals surface area contributed by atoms with Crippen molar-refractivity contribution < 1.29 is 19.1 Å². The van der Waals surface area contributed by atoms with Gasteiger partial charge in [0.2, 0.25) is 17.7 Å². The molecule has 2 bridgehead atoms. The van der Waals surface area contributed by atoms with Crippen LogP contribution in [0, 0.1) is 49.4 Å². The normalized spacial score (nSPS) is 30.8. The summed E-state index contributed by atoms with van der Waals surface area (Å²) in [5.41, 5.74) is 2.84. The number of carbonyl (C=O) groups excluding carboxylic acids is 3. The minimum absolute atomic E-state index is 0.166. The zero-order valence-electron chi connectivity index (χ0n) is 18.7. The molecule has 1 N–H and O–H groups in total. The summed E-state index contributed by atoms with van der Waals surface area (Å²) < 4.78 is 5.91. The SMILES string of the molecule is Cc1cc(C)cc(Oc2ccc(NC(=O)CN3C(=O)[C@@H]4[C@H]5C=C[C@@H]([C@@H]6C[C@@H]56)[C@@H]4C3=O)cc2)c1. The number of benzene rings is 2. The molecule has 168 valence electrons. The van der Waals surface area contributed by atoms with Crippen LogP contribution in [0.5, 0.6) is 11.5 Å². The molecular formula is C27H26N2O4. The average molecular weight is 443 g/mol. The van der Waals surface area contributed by atoms with Crippen molar-refractivity contribution in [1.29, 1.82) is 0 Å². The number of hydrogen-bond donors (Lipinski definition) is 1. The number of nitrogens with zero attached hydrogens (tertiary/aromatic N) is 1. The molecule has 4 aliphatic carbocycles. The van der Waals surface area contributed by atoms with Crippen molar-refractivity contribution in [2.24, 2.45) is 35.5 Å². The molecule has 1 aliphatic heterocycles. The number of anilines is 1. The average Bonchev–Trinajstić information content (AvgIpc) is 3.55. The fraction of sp³-hybridized carbons (Fsp3) is 0.370. The Balaban J connectivity index is 1.09. The lowest BCUT2D eigenvalue weighted by Gasteiger charge is -2.37. The summed E-state index contributed by atoms with van der Waals surface area (Å²) in [6.07, 6.45) is 5.40. The molecule has 2 aromatic rings. The number of hydrogen-bond acceptors (Lipinski definition) is 4. The topological polar surface area (TPSA) is 75.7 Å². The molecular weight excluding hydrogens is 416 g/mol. The molecule has 3 fully saturated rings. The highest BCUT2D eigenvalue weighted by Crippen LogP contribution is 2.65. The highest BCUT2D eigenvalue weighted by molar-refractivity contribution is 6.09. The van der Waals surface area contributed by atoms with Crippen LogP contribution in [0.15, 0.2) is 54.6 Å². The molecule has 6 nitrogen and oxygen atoms in total. The summed E-state index contributed by atoms with van der Waals surface area (Å²) in [7, 11) is 0. The molecule has 0 radical (unpaired) electrons. The zero-order valence-corrected chi connectivity index (χ0v) is 18.7. The van der Waals surface area contributed by atoms with Crippen LogP contribution in [-0.4, -0.2) is 29.2 Å². The molecule has 2 saturated carbocycles. The maximum absolute atomic E-state index is 13.0. The van der Waals surface area contributed by atoms with Gasteiger partial charge in [-0.05, 0) is 91.5 Å². The first-order valence-electron chi connectivity index (χ1n) is 11.6. The van der Waals surface area contributed by atoms with E-state index in [4.69, 9.17) is 4.74 Å². The number of likely N-dealkylation sites (tertiary alicyclic amines) is 1. The summed E-state index contributed by atoms with van der Waals surface area (Å²) in [4.78, 5) is 39.9. The van der Waals surface area contributed by atoms with Crippen LogP contribution >= 0.6 is 0 Å². The van der Waals surface area contributed by atoms with E-state index in [-0.39, 0.29) is 47.9 Å². The molecule has 33 heavy (non-hydrogen) atoms. The smallest absolute Gasteiger partial charge is 0.244 e. The van der Waals surface area contributed by atoms with Gasteiger partial charge in [-0.2, -0.15) is 0 Å². The fourth-order valence-electron chi connectivity index (χ4n) is 6.25. The summed E-state index contributed by atoms with van der Waals surface area (Å²) in [5, 5.41) is 2.80. The first-order chi connectivity index (χ1) is 15.9. The molecule has 1 heterocycles. The maximum atomic E-state index is 13.0. The summed E-state index contributed by atoms with van der Waals surface area (Å²) in [6, 6.07) is 13.1. The van der Waals surface area contributed by atoms with Gasteiger partial charge in [0.25, 0.3) is 0 Å². The molecule has 6 heteroatoms. The molecule has 2 aromatic carbocycles. The molecule has 6 atom stereocenters. The van der Waals surface area contributed by atoms with Crippen molar-refractivity contribution in [2.75, 3.05) is 11.9 Å². The Bertz CT molecular complexity index is 1140. The first kappa shape index (κ1) is 20.2. The van der Waals surface area contributed by atoms with Gasteiger partial charge in [0.05, 0.1) is 11.8 Å². The Morgan fingerprint density at radius 3 is 2.06 bits per heavy atom. The molecule has 5 aliphatic rings. The van der Waals surface area contributed by atoms with Crippen LogP contribution in [0.4, 0.5) is 5.69 Å². The molecule has 0 aromatic heterocycles. The van der Waals surface area contributed by atoms with Crippen LogP contribution in [-0.2, 0) is 14.4 Å². The highest BCUT2D eigenvalue weighted by Gasteiger charge is 2.67. The van der Waals surface area contributed by atoms with E-state index in [1.807, 2.05) is 26.0 Å². The predicted octanol–water partition coefficient (Wildman–Crippen LogP) is 4.09. The molecule has 1 saturated heterocycles. The Morgan fingerprint density at radius 2 is 1.48 bits per heavy atom. The zero-order chi connectivity index (χ0) is 22.9. The van der Waals surface area contributed by atoms with Crippen molar-refractivity contribution >= 4 is 23.4 Å². The van der Waals surface area contributed by atoms with Crippen LogP contribution in [0.25, 0.3) is 0 Å². The van der Waals surface area contributed by atoms with Gasteiger partial charge in [-0.1, -0.05) is 18.2 Å². The minimum Gasteiger partial charge on any atom is -0.457 e. The number of aryl methyl sites for hydroxylation is 2. The second kappa shape index (κ2) is 7.30. The predicted molar refractivity (Wildman–Crippen MR) is 122 cm³/mol. The van der Waals surface area contributed by atoms with E-state index in [9.17, 15) is 14.4 Å². The van der Waals surface area contributed by atoms with Crippen molar-refractivity contribution in [2.45, 2.75) is 20.3 Å². The van der Waals surface area contributed by atoms with E-state index in [0.717, 1.165) is 23.3 Å². The standard InChI is InChI=1S/C27H26N2O4/c1-14-9-15(2)11-18(10-14)33-17-5-3-16(4-6-17)28-23(30)13-29-26(31)24-19-7-8-20(22-12-21(19)22)25(24)27(29)32/h3-11,19-22,24-25H,12-13H2,1-2H3,(H,28,30)/t19-,20-,21-,22-,24-,25+/m0/s1. The van der Waals surface area contributed by atoms with Crippen molar-refractivity contribution in [3.05, 3.63) is 65.7 Å². The van der Waals surface area contributed by atoms with Gasteiger partial charge in [0, 0.05) is 5.69 Å². The van der Waals surface area contributed by atoms with E-state index in [1.54, 1.807) is 24.3 Å². The number of ether oxygens (including phenoxy) is 1. The van der Waals surface area contributed by atoms with E-state index in [2.05, 4.69) is 23.5 Å². The number of amides is 3. The van der Waals surface area contributed by atoms with Crippen molar-refractivity contribution in [3.8, 4) is 11.5 Å². The number of rotatable bonds is 5. The van der Waals surface area contributed by atoms with Crippen LogP contribution < -0.4 is 10.1 Å². The quantitative estimate of drug-likeness (QED) is 0.559. The van der Waals surface area contributed by atoms with Gasteiger partial charge in [0.1, 0.15) is 18.0 Å². The lowest BCUT2D eigenvalue weighted by Crippen LogP contribution is -2.40. The largest absolute Gasteiger partial charge is 0.457 e. The Morgan fingerprint density at radius 1 is 0.909 bits per heavy atom. The van der Waals surface area contributed by atoms with Gasteiger partial charge in [0.15, 0.2) is 0 Å². The van der Waals surface area contributed by atoms with Gasteiger partial charge < -0.3 is 10.1 Å². The highest BCUT2D eigenvalue weighted by atomic mass is 16.5. The van der Waals surface area contributed by atoms with Crippen molar-refractivity contribution in [1.82, 2.24) is 4.90 Å². The Labute approximate surface area is 192 Å². The minimum atomic E-state index is -0.371. The summed E-state index contributed by atoms with van der Waals surface area (Å²) in [6.45, 7) is 3.81. The van der Waals surface area contributed by atoms with Gasteiger partial charge in [-0.15, -0.1) is 0 Å². The van der Waals surface area contributed by atoms with Crippen LogP contribution in [0.2, 0.25) is 0 Å². The second-order valence-corrected chi connectivity index (χ2v) is 9.92. The van der Waals surface area contributed by atoms with E-state index < -0.39 is 0 Å². The van der Waals surface area contributed by atoms with Crippen LogP contribution in [0.1, 0.15) is 17.5 Å². The van der Waals surface area contributed by atoms with Gasteiger partial charge >= 0.3 is 0 Å². The third-order valence-electron chi connectivity index (χ3n) is 7.62. The van der Waals surface area contributed by atoms with E-state index in [0.29, 0.717) is 23.3 Å². The van der Waals surface area contributed by atoms with E-state index in [1.165, 1.54) is 4.90 Å². The number of nitrogens with one attached hydrogen (secondary N) is 1. The Kier molecular flexibility index (Phi) is 4.47. The van der Waals surface area contributed by atoms with Gasteiger partial charge in [-0.3, -0.25) is 19.3 Å². The first-order valence-corrected chi connectivity index (χ1v) is 11.6. The van der Waals surface area contributed by atoms with Crippen molar-refractivity contribution in [3.63, 3.8) is 0 Å². The number of imide groups is 1. The lowest BCUT2D eigenvalue weighted by atomic mass is 9.63. The third kappa shape index (κ3) is 3.36. The molecule has 0 unspecified atom stereocenters. The fourth-order valence-corrected chi connectivity index (χ4v) is 6.25. The van der Waals surface area contributed by atoms with Crippen LogP contribution in [0.3, 0.4) is 0 Å². The molecule has 7 rings (SSSR count). The molecule has 3 amide bonds. The Hall–Kier alpha value is -3.41. The van der Waals surface area contributed by atoms with E-state index >= 15 is 0 Å². The summed E-state index contributed by atoms with van der Waals surface area (Å²) in [5.74, 6) is 1.58. The third-order valence-corrected chi connectivity index (χ3v) is 7.62. The summed E-state index contributed by atoms with van der Waals surface area (Å²) >= 11 is 0. The monoisotopic (exact) mass is 442 g/mol.